The van der Waals surface area contributed by atoms with E-state index in [1.807, 2.05) is 0 Å². The van der Waals surface area contributed by atoms with Gasteiger partial charge in [-0.05, 0) is 25.5 Å². The normalized spacial score (nSPS) is 17.9. The first-order valence-electron chi connectivity index (χ1n) is 6.49. The van der Waals surface area contributed by atoms with Crippen molar-refractivity contribution in [2.45, 2.75) is 26.3 Å². The molecule has 94 valence electrons. The van der Waals surface area contributed by atoms with E-state index in [-0.39, 0.29) is 0 Å². The zero-order valence-electron chi connectivity index (χ0n) is 10.8. The molecule has 1 fully saturated rings. The number of para-hydroxylation sites is 2. The lowest BCUT2D eigenvalue weighted by molar-refractivity contribution is 0.123. The molecule has 1 aliphatic rings. The highest BCUT2D eigenvalue weighted by Crippen LogP contribution is 2.27. The van der Waals surface area contributed by atoms with Crippen LogP contribution >= 0.6 is 0 Å². The van der Waals surface area contributed by atoms with E-state index in [2.05, 4.69) is 48.3 Å². The number of ether oxygens (including phenoxy) is 1. The number of morpholine rings is 1. The van der Waals surface area contributed by atoms with Gasteiger partial charge in [0.1, 0.15) is 0 Å². The standard InChI is InChI=1S/C14H22N2O/c1-3-12(2)15-13-6-4-5-7-14(13)16-8-10-17-11-9-16/h4-7,12,15H,3,8-11H2,1-2H3. The second kappa shape index (κ2) is 5.92. The monoisotopic (exact) mass is 234 g/mol. The van der Waals surface area contributed by atoms with Gasteiger partial charge in [-0.15, -0.1) is 0 Å². The molecule has 1 atom stereocenters. The Balaban J connectivity index is 2.14. The number of hydrogen-bond acceptors (Lipinski definition) is 3. The van der Waals surface area contributed by atoms with E-state index < -0.39 is 0 Å². The third-order valence-electron chi connectivity index (χ3n) is 3.27. The van der Waals surface area contributed by atoms with Crippen LogP contribution in [0.1, 0.15) is 20.3 Å². The number of benzene rings is 1. The summed E-state index contributed by atoms with van der Waals surface area (Å²) >= 11 is 0. The molecule has 0 amide bonds. The molecule has 1 aromatic rings. The van der Waals surface area contributed by atoms with Crippen molar-refractivity contribution in [2.24, 2.45) is 0 Å². The molecular weight excluding hydrogens is 212 g/mol. The molecule has 1 unspecified atom stereocenters. The molecular formula is C14H22N2O. The van der Waals surface area contributed by atoms with Crippen LogP contribution in [0.4, 0.5) is 11.4 Å². The summed E-state index contributed by atoms with van der Waals surface area (Å²) in [4.78, 5) is 2.40. The number of anilines is 2. The van der Waals surface area contributed by atoms with Gasteiger partial charge in [0.25, 0.3) is 0 Å². The van der Waals surface area contributed by atoms with Gasteiger partial charge in [0, 0.05) is 19.1 Å². The van der Waals surface area contributed by atoms with Gasteiger partial charge >= 0.3 is 0 Å². The molecule has 17 heavy (non-hydrogen) atoms. The first-order valence-corrected chi connectivity index (χ1v) is 6.49. The molecule has 3 heteroatoms. The Labute approximate surface area is 104 Å². The maximum Gasteiger partial charge on any atom is 0.0642 e. The Hall–Kier alpha value is -1.22. The third kappa shape index (κ3) is 3.13. The summed E-state index contributed by atoms with van der Waals surface area (Å²) in [5, 5.41) is 3.57. The second-order valence-corrected chi connectivity index (χ2v) is 4.57. The van der Waals surface area contributed by atoms with E-state index in [1.54, 1.807) is 0 Å². The van der Waals surface area contributed by atoms with Gasteiger partial charge in [0.05, 0.1) is 24.6 Å². The summed E-state index contributed by atoms with van der Waals surface area (Å²) in [6.07, 6.45) is 1.14. The SMILES string of the molecule is CCC(C)Nc1ccccc1N1CCOCC1. The van der Waals surface area contributed by atoms with Crippen LogP contribution in [0.3, 0.4) is 0 Å². The number of nitrogens with one attached hydrogen (secondary N) is 1. The number of rotatable bonds is 4. The van der Waals surface area contributed by atoms with Crippen LogP contribution in [-0.2, 0) is 4.74 Å². The van der Waals surface area contributed by atoms with Gasteiger partial charge in [-0.3, -0.25) is 0 Å². The van der Waals surface area contributed by atoms with Crippen molar-refractivity contribution in [3.8, 4) is 0 Å². The molecule has 0 aromatic heterocycles. The molecule has 1 aromatic carbocycles. The highest BCUT2D eigenvalue weighted by atomic mass is 16.5. The molecule has 1 aliphatic heterocycles. The highest BCUT2D eigenvalue weighted by molar-refractivity contribution is 5.70. The lowest BCUT2D eigenvalue weighted by Crippen LogP contribution is -2.36. The van der Waals surface area contributed by atoms with Crippen molar-refractivity contribution in [3.05, 3.63) is 24.3 Å². The van der Waals surface area contributed by atoms with Gasteiger partial charge in [-0.25, -0.2) is 0 Å². The van der Waals surface area contributed by atoms with Crippen molar-refractivity contribution >= 4 is 11.4 Å². The molecule has 0 radical (unpaired) electrons. The van der Waals surface area contributed by atoms with Crippen LogP contribution in [0.2, 0.25) is 0 Å². The number of hydrogen-bond donors (Lipinski definition) is 1. The van der Waals surface area contributed by atoms with E-state index >= 15 is 0 Å². The smallest absolute Gasteiger partial charge is 0.0642 e. The molecule has 1 heterocycles. The van der Waals surface area contributed by atoms with Gasteiger partial charge in [-0.2, -0.15) is 0 Å². The predicted molar refractivity (Wildman–Crippen MR) is 72.8 cm³/mol. The average molecular weight is 234 g/mol. The first-order chi connectivity index (χ1) is 8.31. The number of nitrogens with zero attached hydrogens (tertiary/aromatic N) is 1. The topological polar surface area (TPSA) is 24.5 Å². The predicted octanol–water partition coefficient (Wildman–Crippen LogP) is 2.73. The summed E-state index contributed by atoms with van der Waals surface area (Å²) in [5.74, 6) is 0. The molecule has 1 saturated heterocycles. The zero-order chi connectivity index (χ0) is 12.1. The van der Waals surface area contributed by atoms with E-state index in [4.69, 9.17) is 4.74 Å². The van der Waals surface area contributed by atoms with Crippen LogP contribution in [-0.4, -0.2) is 32.3 Å². The first kappa shape index (κ1) is 12.2. The lowest BCUT2D eigenvalue weighted by atomic mass is 10.2. The summed E-state index contributed by atoms with van der Waals surface area (Å²) in [7, 11) is 0. The van der Waals surface area contributed by atoms with Crippen LogP contribution in [0.15, 0.2) is 24.3 Å². The Morgan fingerprint density at radius 1 is 1.29 bits per heavy atom. The Morgan fingerprint density at radius 3 is 2.71 bits per heavy atom. The molecule has 1 N–H and O–H groups in total. The highest BCUT2D eigenvalue weighted by Gasteiger charge is 2.14. The second-order valence-electron chi connectivity index (χ2n) is 4.57. The van der Waals surface area contributed by atoms with Crippen LogP contribution in [0.25, 0.3) is 0 Å². The van der Waals surface area contributed by atoms with Gasteiger partial charge < -0.3 is 15.0 Å². The summed E-state index contributed by atoms with van der Waals surface area (Å²) in [5.41, 5.74) is 2.54. The van der Waals surface area contributed by atoms with Crippen LogP contribution < -0.4 is 10.2 Å². The molecule has 3 nitrogen and oxygen atoms in total. The third-order valence-corrected chi connectivity index (χ3v) is 3.27. The largest absolute Gasteiger partial charge is 0.381 e. The van der Waals surface area contributed by atoms with E-state index in [9.17, 15) is 0 Å². The van der Waals surface area contributed by atoms with Crippen molar-refractivity contribution in [1.82, 2.24) is 0 Å². The molecule has 0 aliphatic carbocycles. The zero-order valence-corrected chi connectivity index (χ0v) is 10.8. The fourth-order valence-electron chi connectivity index (χ4n) is 2.04. The van der Waals surface area contributed by atoms with Crippen molar-refractivity contribution in [2.75, 3.05) is 36.5 Å². The van der Waals surface area contributed by atoms with Gasteiger partial charge in [0.15, 0.2) is 0 Å². The summed E-state index contributed by atoms with van der Waals surface area (Å²) in [6, 6.07) is 9.06. The maximum atomic E-state index is 5.40. The minimum absolute atomic E-state index is 0.511. The maximum absolute atomic E-state index is 5.40. The van der Waals surface area contributed by atoms with Gasteiger partial charge in [-0.1, -0.05) is 19.1 Å². The summed E-state index contributed by atoms with van der Waals surface area (Å²) < 4.78 is 5.40. The summed E-state index contributed by atoms with van der Waals surface area (Å²) in [6.45, 7) is 8.05. The van der Waals surface area contributed by atoms with Crippen LogP contribution in [0.5, 0.6) is 0 Å². The fourth-order valence-corrected chi connectivity index (χ4v) is 2.04. The van der Waals surface area contributed by atoms with E-state index in [1.165, 1.54) is 11.4 Å². The molecule has 0 spiro atoms. The Morgan fingerprint density at radius 2 is 2.00 bits per heavy atom. The molecule has 0 bridgehead atoms. The van der Waals surface area contributed by atoms with E-state index in [0.29, 0.717) is 6.04 Å². The van der Waals surface area contributed by atoms with Crippen molar-refractivity contribution < 1.29 is 4.74 Å². The lowest BCUT2D eigenvalue weighted by Gasteiger charge is -2.31. The molecule has 0 saturated carbocycles. The average Bonchev–Trinajstić information content (AvgIpc) is 2.40. The van der Waals surface area contributed by atoms with Crippen molar-refractivity contribution in [1.29, 1.82) is 0 Å². The van der Waals surface area contributed by atoms with Gasteiger partial charge in [0.2, 0.25) is 0 Å². The van der Waals surface area contributed by atoms with Crippen molar-refractivity contribution in [3.63, 3.8) is 0 Å². The Kier molecular flexibility index (Phi) is 4.26. The molecule has 2 rings (SSSR count). The van der Waals surface area contributed by atoms with Crippen LogP contribution in [0, 0.1) is 0 Å². The van der Waals surface area contributed by atoms with E-state index in [0.717, 1.165) is 32.7 Å². The minimum Gasteiger partial charge on any atom is -0.381 e. The quantitative estimate of drug-likeness (QED) is 0.867. The fraction of sp³-hybridized carbons (Fsp3) is 0.571. The Bertz CT molecular complexity index is 348. The minimum atomic E-state index is 0.511.